The number of amides is 2. The zero-order valence-corrected chi connectivity index (χ0v) is 15.7. The molecule has 6 heteroatoms. The SMILES string of the molecule is O=C(Nc1ccccc1C(=O)NCCc1cccc(F)c1)c1ccc(Cl)cc1. The lowest BCUT2D eigenvalue weighted by Gasteiger charge is -2.12. The monoisotopic (exact) mass is 396 g/mol. The lowest BCUT2D eigenvalue weighted by Crippen LogP contribution is -2.27. The zero-order chi connectivity index (χ0) is 19.9. The predicted octanol–water partition coefficient (Wildman–Crippen LogP) is 4.70. The van der Waals surface area contributed by atoms with E-state index in [0.717, 1.165) is 5.56 Å². The molecule has 0 aliphatic carbocycles. The number of nitrogens with one attached hydrogen (secondary N) is 2. The van der Waals surface area contributed by atoms with Crippen LogP contribution in [0.15, 0.2) is 72.8 Å². The van der Waals surface area contributed by atoms with Crippen molar-refractivity contribution in [2.24, 2.45) is 0 Å². The molecule has 0 bridgehead atoms. The van der Waals surface area contributed by atoms with Crippen LogP contribution in [0.1, 0.15) is 26.3 Å². The lowest BCUT2D eigenvalue weighted by atomic mass is 10.1. The molecule has 0 fully saturated rings. The largest absolute Gasteiger partial charge is 0.352 e. The standard InChI is InChI=1S/C22H18ClFN2O2/c23-17-10-8-16(9-11-17)21(27)26-20-7-2-1-6-19(20)22(28)25-13-12-15-4-3-5-18(24)14-15/h1-11,14H,12-13H2,(H,25,28)(H,26,27). The Morgan fingerprint density at radius 3 is 2.39 bits per heavy atom. The minimum absolute atomic E-state index is 0.306. The van der Waals surface area contributed by atoms with E-state index in [0.29, 0.717) is 34.8 Å². The van der Waals surface area contributed by atoms with Crippen LogP contribution in [0.2, 0.25) is 5.02 Å². The fourth-order valence-electron chi connectivity index (χ4n) is 2.69. The highest BCUT2D eigenvalue weighted by Crippen LogP contribution is 2.17. The third-order valence-corrected chi connectivity index (χ3v) is 4.37. The molecule has 2 N–H and O–H groups in total. The van der Waals surface area contributed by atoms with Gasteiger partial charge in [-0.25, -0.2) is 4.39 Å². The van der Waals surface area contributed by atoms with Crippen LogP contribution in [0.4, 0.5) is 10.1 Å². The number of anilines is 1. The van der Waals surface area contributed by atoms with Crippen molar-refractivity contribution in [2.45, 2.75) is 6.42 Å². The lowest BCUT2D eigenvalue weighted by molar-refractivity contribution is 0.0955. The molecule has 0 saturated heterocycles. The Balaban J connectivity index is 1.64. The Morgan fingerprint density at radius 1 is 0.893 bits per heavy atom. The summed E-state index contributed by atoms with van der Waals surface area (Å²) in [6.07, 6.45) is 0.503. The van der Waals surface area contributed by atoms with Gasteiger partial charge in [-0.15, -0.1) is 0 Å². The Bertz CT molecular complexity index is 990. The van der Waals surface area contributed by atoms with E-state index in [4.69, 9.17) is 11.6 Å². The summed E-state index contributed by atoms with van der Waals surface area (Å²) in [5, 5.41) is 6.08. The molecule has 28 heavy (non-hydrogen) atoms. The normalized spacial score (nSPS) is 10.4. The molecular weight excluding hydrogens is 379 g/mol. The summed E-state index contributed by atoms with van der Waals surface area (Å²) in [7, 11) is 0. The van der Waals surface area contributed by atoms with Gasteiger partial charge in [-0.1, -0.05) is 35.9 Å². The average Bonchev–Trinajstić information content (AvgIpc) is 2.69. The molecule has 3 aromatic rings. The average molecular weight is 397 g/mol. The van der Waals surface area contributed by atoms with E-state index in [9.17, 15) is 14.0 Å². The quantitative estimate of drug-likeness (QED) is 0.634. The first-order valence-corrected chi connectivity index (χ1v) is 9.09. The Morgan fingerprint density at radius 2 is 1.64 bits per heavy atom. The molecule has 0 saturated carbocycles. The van der Waals surface area contributed by atoms with Crippen molar-refractivity contribution in [2.75, 3.05) is 11.9 Å². The van der Waals surface area contributed by atoms with Gasteiger partial charge in [-0.05, 0) is 60.5 Å². The first-order chi connectivity index (χ1) is 13.5. The second-order valence-electron chi connectivity index (χ2n) is 6.14. The van der Waals surface area contributed by atoms with E-state index >= 15 is 0 Å². The van der Waals surface area contributed by atoms with Gasteiger partial charge in [0.2, 0.25) is 0 Å². The summed E-state index contributed by atoms with van der Waals surface area (Å²) in [6.45, 7) is 0.349. The van der Waals surface area contributed by atoms with Crippen molar-refractivity contribution in [1.29, 1.82) is 0 Å². The molecule has 4 nitrogen and oxygen atoms in total. The van der Waals surface area contributed by atoms with Gasteiger partial charge in [0.25, 0.3) is 11.8 Å². The van der Waals surface area contributed by atoms with Gasteiger partial charge in [-0.2, -0.15) is 0 Å². The molecule has 0 aromatic heterocycles. The van der Waals surface area contributed by atoms with Crippen LogP contribution in [0.5, 0.6) is 0 Å². The van der Waals surface area contributed by atoms with Crippen LogP contribution in [0.25, 0.3) is 0 Å². The molecule has 142 valence electrons. The predicted molar refractivity (Wildman–Crippen MR) is 108 cm³/mol. The highest BCUT2D eigenvalue weighted by Gasteiger charge is 2.14. The summed E-state index contributed by atoms with van der Waals surface area (Å²) in [6, 6.07) is 19.5. The minimum Gasteiger partial charge on any atom is -0.352 e. The van der Waals surface area contributed by atoms with Crippen LogP contribution in [0, 0.1) is 5.82 Å². The number of hydrogen-bond donors (Lipinski definition) is 2. The summed E-state index contributed by atoms with van der Waals surface area (Å²) in [5.41, 5.74) is 1.99. The maximum atomic E-state index is 13.2. The van der Waals surface area contributed by atoms with Crippen LogP contribution >= 0.6 is 11.6 Å². The highest BCUT2D eigenvalue weighted by molar-refractivity contribution is 6.30. The summed E-state index contributed by atoms with van der Waals surface area (Å²) in [5.74, 6) is -0.959. The third kappa shape index (κ3) is 5.18. The molecule has 0 aliphatic rings. The highest BCUT2D eigenvalue weighted by atomic mass is 35.5. The van der Waals surface area contributed by atoms with Crippen LogP contribution in [0.3, 0.4) is 0 Å². The van der Waals surface area contributed by atoms with E-state index in [1.54, 1.807) is 60.7 Å². The molecule has 3 aromatic carbocycles. The van der Waals surface area contributed by atoms with Gasteiger partial charge >= 0.3 is 0 Å². The van der Waals surface area contributed by atoms with E-state index < -0.39 is 0 Å². The second kappa shape index (κ2) is 9.15. The number of carbonyl (C=O) groups is 2. The van der Waals surface area contributed by atoms with E-state index in [-0.39, 0.29) is 17.6 Å². The maximum Gasteiger partial charge on any atom is 0.255 e. The number of carbonyl (C=O) groups excluding carboxylic acids is 2. The number of benzene rings is 3. The molecular formula is C22H18ClFN2O2. The van der Waals surface area contributed by atoms with E-state index in [1.807, 2.05) is 0 Å². The van der Waals surface area contributed by atoms with Crippen molar-refractivity contribution in [1.82, 2.24) is 5.32 Å². The zero-order valence-electron chi connectivity index (χ0n) is 14.9. The first-order valence-electron chi connectivity index (χ1n) is 8.71. The van der Waals surface area contributed by atoms with Crippen LogP contribution < -0.4 is 10.6 Å². The molecule has 0 unspecified atom stereocenters. The maximum absolute atomic E-state index is 13.2. The van der Waals surface area contributed by atoms with Crippen LogP contribution in [-0.4, -0.2) is 18.4 Å². The molecule has 0 atom stereocenters. The van der Waals surface area contributed by atoms with E-state index in [2.05, 4.69) is 10.6 Å². The molecule has 3 rings (SSSR count). The Kier molecular flexibility index (Phi) is 6.40. The fourth-order valence-corrected chi connectivity index (χ4v) is 2.82. The first kappa shape index (κ1) is 19.6. The molecule has 0 spiro atoms. The van der Waals surface area contributed by atoms with E-state index in [1.165, 1.54) is 12.1 Å². The van der Waals surface area contributed by atoms with Crippen molar-refractivity contribution in [3.05, 3.63) is 100 Å². The third-order valence-electron chi connectivity index (χ3n) is 4.11. The number of rotatable bonds is 6. The molecule has 0 heterocycles. The van der Waals surface area contributed by atoms with Gasteiger partial charge < -0.3 is 10.6 Å². The fraction of sp³-hybridized carbons (Fsp3) is 0.0909. The molecule has 2 amide bonds. The topological polar surface area (TPSA) is 58.2 Å². The summed E-state index contributed by atoms with van der Waals surface area (Å²) in [4.78, 5) is 24.9. The number of halogens is 2. The summed E-state index contributed by atoms with van der Waals surface area (Å²) < 4.78 is 13.2. The van der Waals surface area contributed by atoms with Crippen molar-refractivity contribution < 1.29 is 14.0 Å². The van der Waals surface area contributed by atoms with Gasteiger partial charge in [0, 0.05) is 17.1 Å². The smallest absolute Gasteiger partial charge is 0.255 e. The van der Waals surface area contributed by atoms with Gasteiger partial charge in [0.05, 0.1) is 11.3 Å². The van der Waals surface area contributed by atoms with Gasteiger partial charge in [0.15, 0.2) is 0 Å². The Hall–Kier alpha value is -3.18. The molecule has 0 aliphatic heterocycles. The number of para-hydroxylation sites is 1. The minimum atomic E-state index is -0.336. The summed E-state index contributed by atoms with van der Waals surface area (Å²) >= 11 is 5.84. The van der Waals surface area contributed by atoms with Gasteiger partial charge in [0.1, 0.15) is 5.82 Å². The van der Waals surface area contributed by atoms with Crippen LogP contribution in [-0.2, 0) is 6.42 Å². The van der Waals surface area contributed by atoms with Crippen molar-refractivity contribution in [3.63, 3.8) is 0 Å². The van der Waals surface area contributed by atoms with Gasteiger partial charge in [-0.3, -0.25) is 9.59 Å². The van der Waals surface area contributed by atoms with Crippen molar-refractivity contribution >= 4 is 29.1 Å². The second-order valence-corrected chi connectivity index (χ2v) is 6.58. The molecule has 0 radical (unpaired) electrons. The van der Waals surface area contributed by atoms with Crippen molar-refractivity contribution in [3.8, 4) is 0 Å². The number of hydrogen-bond acceptors (Lipinski definition) is 2. The Labute approximate surface area is 167 Å².